The number of benzene rings is 2. The van der Waals surface area contributed by atoms with Crippen molar-refractivity contribution >= 4 is 46.7 Å². The Labute approximate surface area is 422 Å². The zero-order valence-corrected chi connectivity index (χ0v) is 40.9. The molecule has 18 heteroatoms. The average Bonchev–Trinajstić information content (AvgIpc) is 4.35. The van der Waals surface area contributed by atoms with Crippen LogP contribution in [0.4, 0.5) is 11.9 Å². The van der Waals surface area contributed by atoms with Gasteiger partial charge in [0, 0.05) is 98.2 Å². The molecule has 0 radical (unpaired) electrons. The molecule has 2 aromatic carbocycles. The Balaban J connectivity index is 0.000000157. The third kappa shape index (κ3) is 11.0. The Kier molecular flexibility index (Phi) is 13.4. The molecule has 6 aromatic heterocycles. The first-order chi connectivity index (χ1) is 35.7. The van der Waals surface area contributed by atoms with Crippen LogP contribution in [0.3, 0.4) is 0 Å². The molecule has 8 aromatic rings. The molecule has 2 aliphatic heterocycles. The minimum atomic E-state index is -0.0111. The Hall–Kier alpha value is -8.28. The summed E-state index contributed by atoms with van der Waals surface area (Å²) in [5.41, 5.74) is 6.86. The molecule has 2 amide bonds. The van der Waals surface area contributed by atoms with Gasteiger partial charge in [0.25, 0.3) is 0 Å². The highest BCUT2D eigenvalue weighted by Crippen LogP contribution is 2.32. The fraction of sp³-hybridized carbons (Fsp3) is 0.345. The van der Waals surface area contributed by atoms with Gasteiger partial charge in [-0.3, -0.25) is 36.0 Å². The highest BCUT2D eigenvalue weighted by Gasteiger charge is 2.32. The first-order valence-electron chi connectivity index (χ1n) is 25.5. The predicted octanol–water partition coefficient (Wildman–Crippen LogP) is 8.39. The standard InChI is InChI=1S/C28H32N8O.C27H27N7O2/c1-19-30-14-18-34(19)15-11-20-12-16-35(17-13-20)26(29)22-7-5-21(6-8-22)24-3-2-4-25-31-28(33-36(24)25)32-27(37)23-9-10-23;28-25(33-15-12-21(13-16-33)36-22-3-2-14-29-17-22)19-8-6-18(7-9-19)23-4-1-5-24-30-27(32-34(23)24)31-26(35)20-10-11-20/h2-8,14,18,20,23,29H,9-13,15-17H2,1H3,(H,32,33,37);1-9,14,17,20-21,28H,10-13,15-16H2,(H,31,32,35). The minimum absolute atomic E-state index is 0.00217. The molecule has 0 unspecified atom stereocenters. The number of nitrogens with one attached hydrogen (secondary N) is 4. The number of carbonyl (C=O) groups is 2. The van der Waals surface area contributed by atoms with E-state index in [9.17, 15) is 9.59 Å². The van der Waals surface area contributed by atoms with Crippen LogP contribution in [0, 0.1) is 35.5 Å². The van der Waals surface area contributed by atoms with E-state index >= 15 is 0 Å². The summed E-state index contributed by atoms with van der Waals surface area (Å²) in [7, 11) is 0. The van der Waals surface area contributed by atoms with E-state index in [2.05, 4.69) is 61.3 Å². The third-order valence-electron chi connectivity index (χ3n) is 14.3. The van der Waals surface area contributed by atoms with E-state index in [1.165, 1.54) is 0 Å². The van der Waals surface area contributed by atoms with E-state index in [4.69, 9.17) is 15.6 Å². The van der Waals surface area contributed by atoms with E-state index in [1.807, 2.05) is 110 Å². The van der Waals surface area contributed by atoms with Crippen molar-refractivity contribution in [2.75, 3.05) is 36.8 Å². The summed E-state index contributed by atoms with van der Waals surface area (Å²) in [5, 5.41) is 32.2. The number of piperidine rings is 2. The summed E-state index contributed by atoms with van der Waals surface area (Å²) in [4.78, 5) is 45.9. The number of aromatic nitrogens is 9. The van der Waals surface area contributed by atoms with Crippen LogP contribution in [0.5, 0.6) is 5.75 Å². The number of amides is 2. The van der Waals surface area contributed by atoms with Crippen LogP contribution in [-0.2, 0) is 16.1 Å². The topological polar surface area (TPSA) is 213 Å². The predicted molar refractivity (Wildman–Crippen MR) is 279 cm³/mol. The smallest absolute Gasteiger partial charge is 0.249 e. The Morgan fingerprint density at radius 3 is 1.62 bits per heavy atom. The highest BCUT2D eigenvalue weighted by molar-refractivity contribution is 5.98. The van der Waals surface area contributed by atoms with Gasteiger partial charge in [0.05, 0.1) is 17.6 Å². The molecular formula is C55H59N15O3. The maximum absolute atomic E-state index is 12.1. The lowest BCUT2D eigenvalue weighted by Crippen LogP contribution is -2.41. The first-order valence-corrected chi connectivity index (χ1v) is 25.5. The quantitative estimate of drug-likeness (QED) is 0.0636. The number of aryl methyl sites for hydroxylation is 2. The molecule has 4 aliphatic rings. The van der Waals surface area contributed by atoms with Crippen molar-refractivity contribution in [1.82, 2.24) is 53.5 Å². The summed E-state index contributed by atoms with van der Waals surface area (Å²) in [6.07, 6.45) is 16.4. The van der Waals surface area contributed by atoms with Crippen molar-refractivity contribution in [3.8, 4) is 28.3 Å². The van der Waals surface area contributed by atoms with E-state index in [-0.39, 0.29) is 29.8 Å². The number of pyridine rings is 3. The van der Waals surface area contributed by atoms with Gasteiger partial charge in [-0.25, -0.2) is 14.0 Å². The van der Waals surface area contributed by atoms with Crippen LogP contribution < -0.4 is 15.4 Å². The van der Waals surface area contributed by atoms with Crippen LogP contribution >= 0.6 is 0 Å². The second kappa shape index (κ2) is 20.8. The molecule has 0 atom stereocenters. The van der Waals surface area contributed by atoms with E-state index < -0.39 is 0 Å². The zero-order chi connectivity index (χ0) is 49.8. The van der Waals surface area contributed by atoms with Crippen LogP contribution in [0.2, 0.25) is 0 Å². The number of fused-ring (bicyclic) bond motifs is 2. The number of amidine groups is 2. The summed E-state index contributed by atoms with van der Waals surface area (Å²) >= 11 is 0. The van der Waals surface area contributed by atoms with Gasteiger partial charge in [0.15, 0.2) is 11.3 Å². The molecule has 12 rings (SSSR count). The molecule has 372 valence electrons. The number of rotatable bonds is 13. The van der Waals surface area contributed by atoms with Crippen molar-refractivity contribution in [1.29, 1.82) is 10.8 Å². The molecule has 8 heterocycles. The fourth-order valence-corrected chi connectivity index (χ4v) is 9.65. The Morgan fingerprint density at radius 2 is 1.15 bits per heavy atom. The zero-order valence-electron chi connectivity index (χ0n) is 40.9. The normalized spacial score (nSPS) is 16.2. The van der Waals surface area contributed by atoms with Crippen molar-refractivity contribution in [2.24, 2.45) is 17.8 Å². The largest absolute Gasteiger partial charge is 0.489 e. The maximum Gasteiger partial charge on any atom is 0.249 e. The van der Waals surface area contributed by atoms with E-state index in [0.29, 0.717) is 40.8 Å². The highest BCUT2D eigenvalue weighted by atomic mass is 16.5. The van der Waals surface area contributed by atoms with Gasteiger partial charge in [-0.05, 0) is 94.2 Å². The van der Waals surface area contributed by atoms with Gasteiger partial charge in [0.2, 0.25) is 23.7 Å². The van der Waals surface area contributed by atoms with Crippen molar-refractivity contribution in [3.05, 3.63) is 139 Å². The van der Waals surface area contributed by atoms with Gasteiger partial charge in [-0.1, -0.05) is 60.7 Å². The van der Waals surface area contributed by atoms with E-state index in [1.54, 1.807) is 21.4 Å². The maximum atomic E-state index is 12.1. The van der Waals surface area contributed by atoms with Crippen LogP contribution in [-0.4, -0.2) is 109 Å². The SMILES string of the molecule is Cc1nccn1CCC1CCN(C(=N)c2ccc(-c3cccc4nc(NC(=O)C5CC5)nn34)cc2)CC1.N=C(c1ccc(-c2cccc3nc(NC(=O)C4CC4)nn23)cc1)N1CCC(Oc2cccnc2)CC1. The van der Waals surface area contributed by atoms with Crippen LogP contribution in [0.1, 0.15) is 74.7 Å². The number of ether oxygens (including phenoxy) is 1. The monoisotopic (exact) mass is 977 g/mol. The summed E-state index contributed by atoms with van der Waals surface area (Å²) in [6.45, 7) is 6.46. The lowest BCUT2D eigenvalue weighted by molar-refractivity contribution is -0.118. The second-order valence-electron chi connectivity index (χ2n) is 19.5. The summed E-state index contributed by atoms with van der Waals surface area (Å²) in [6, 6.07) is 31.4. The number of carbonyl (C=O) groups excluding carboxylic acids is 2. The van der Waals surface area contributed by atoms with Crippen molar-refractivity contribution in [3.63, 3.8) is 0 Å². The van der Waals surface area contributed by atoms with Crippen LogP contribution in [0.25, 0.3) is 33.8 Å². The number of likely N-dealkylation sites (tertiary alicyclic amines) is 2. The molecular weight excluding hydrogens is 919 g/mol. The molecule has 2 aliphatic carbocycles. The number of imidazole rings is 1. The number of hydrogen-bond acceptors (Lipinski definition) is 11. The molecule has 18 nitrogen and oxygen atoms in total. The fourth-order valence-electron chi connectivity index (χ4n) is 9.65. The number of anilines is 2. The Bertz CT molecular complexity index is 3250. The van der Waals surface area contributed by atoms with Gasteiger partial charge in [0.1, 0.15) is 29.3 Å². The number of hydrogen-bond donors (Lipinski definition) is 4. The molecule has 4 fully saturated rings. The lowest BCUT2D eigenvalue weighted by Gasteiger charge is -2.34. The lowest BCUT2D eigenvalue weighted by atomic mass is 9.93. The molecule has 2 saturated carbocycles. The summed E-state index contributed by atoms with van der Waals surface area (Å²) in [5.74, 6) is 4.51. The van der Waals surface area contributed by atoms with Gasteiger partial charge in [-0.2, -0.15) is 9.97 Å². The molecule has 0 bridgehead atoms. The molecule has 0 spiro atoms. The second-order valence-corrected chi connectivity index (χ2v) is 19.5. The van der Waals surface area contributed by atoms with Gasteiger partial charge < -0.3 is 19.1 Å². The third-order valence-corrected chi connectivity index (χ3v) is 14.3. The molecule has 2 saturated heterocycles. The molecule has 73 heavy (non-hydrogen) atoms. The van der Waals surface area contributed by atoms with Crippen molar-refractivity contribution in [2.45, 2.75) is 77.4 Å². The number of nitrogens with zero attached hydrogens (tertiary/aromatic N) is 11. The first kappa shape index (κ1) is 47.1. The summed E-state index contributed by atoms with van der Waals surface area (Å²) < 4.78 is 11.8. The Morgan fingerprint density at radius 1 is 0.630 bits per heavy atom. The van der Waals surface area contributed by atoms with Gasteiger partial charge >= 0.3 is 0 Å². The average molecular weight is 978 g/mol. The van der Waals surface area contributed by atoms with E-state index in [0.717, 1.165) is 136 Å². The minimum Gasteiger partial charge on any atom is -0.489 e. The van der Waals surface area contributed by atoms with Crippen molar-refractivity contribution < 1.29 is 14.3 Å². The molecule has 4 N–H and O–H groups in total. The van der Waals surface area contributed by atoms with Gasteiger partial charge in [-0.15, -0.1) is 10.2 Å². The van der Waals surface area contributed by atoms with Crippen LogP contribution in [0.15, 0.2) is 122 Å².